The molecule has 136 valence electrons. The summed E-state index contributed by atoms with van der Waals surface area (Å²) < 4.78 is 6.75. The number of halogens is 1. The van der Waals surface area contributed by atoms with Crippen molar-refractivity contribution in [1.82, 2.24) is 10.3 Å². The molecule has 2 amide bonds. The first-order chi connectivity index (χ1) is 12.5. The van der Waals surface area contributed by atoms with Crippen LogP contribution in [0.15, 0.2) is 47.1 Å². The molecule has 1 aliphatic carbocycles. The summed E-state index contributed by atoms with van der Waals surface area (Å²) in [6.07, 6.45) is 4.70. The van der Waals surface area contributed by atoms with Crippen LogP contribution < -0.4 is 15.8 Å². The number of amides is 2. The number of aromatic nitrogens is 1. The van der Waals surface area contributed by atoms with Gasteiger partial charge < -0.3 is 15.8 Å². The third-order valence-corrected chi connectivity index (χ3v) is 4.90. The van der Waals surface area contributed by atoms with Crippen LogP contribution in [0.5, 0.6) is 5.88 Å². The van der Waals surface area contributed by atoms with Crippen LogP contribution in [0.3, 0.4) is 0 Å². The molecule has 0 radical (unpaired) electrons. The van der Waals surface area contributed by atoms with Gasteiger partial charge in [-0.1, -0.05) is 22.0 Å². The molecule has 7 heteroatoms. The van der Waals surface area contributed by atoms with E-state index in [9.17, 15) is 9.59 Å². The minimum atomic E-state index is -0.553. The number of benzene rings is 1. The number of hydrogen-bond acceptors (Lipinski definition) is 4. The molecule has 0 saturated heterocycles. The molecule has 0 spiro atoms. The predicted octanol–water partition coefficient (Wildman–Crippen LogP) is 3.06. The Bertz CT molecular complexity index is 804. The lowest BCUT2D eigenvalue weighted by molar-refractivity contribution is 0.0881. The highest BCUT2D eigenvalue weighted by atomic mass is 79.9. The van der Waals surface area contributed by atoms with Gasteiger partial charge in [-0.25, -0.2) is 4.98 Å². The molecular formula is C19H20BrN3O3. The number of ether oxygens (including phenoxy) is 1. The van der Waals surface area contributed by atoms with Crippen molar-refractivity contribution in [1.29, 1.82) is 0 Å². The minimum absolute atomic E-state index is 0.0398. The molecule has 1 aromatic carbocycles. The molecule has 0 atom stereocenters. The molecule has 1 aromatic heterocycles. The van der Waals surface area contributed by atoms with E-state index in [1.54, 1.807) is 30.5 Å². The molecule has 0 unspecified atom stereocenters. The number of nitrogens with two attached hydrogens (primary N) is 1. The van der Waals surface area contributed by atoms with Crippen LogP contribution in [0, 0.1) is 0 Å². The summed E-state index contributed by atoms with van der Waals surface area (Å²) in [5.74, 6) is -0.346. The van der Waals surface area contributed by atoms with Crippen LogP contribution in [-0.2, 0) is 0 Å². The Hall–Kier alpha value is -2.41. The molecule has 0 aliphatic heterocycles. The van der Waals surface area contributed by atoms with E-state index in [0.29, 0.717) is 5.56 Å². The number of nitrogens with one attached hydrogen (secondary N) is 1. The number of nitrogens with zero attached hydrogens (tertiary/aromatic N) is 1. The Balaban J connectivity index is 1.53. The SMILES string of the molecule is NC(=O)c1cccnc1O[C@H]1CC[C@H](NC(=O)c2cccc(Br)c2)CC1. The molecule has 1 heterocycles. The first kappa shape index (κ1) is 18.4. The van der Waals surface area contributed by atoms with Gasteiger partial charge in [0.1, 0.15) is 11.7 Å². The maximum Gasteiger partial charge on any atom is 0.254 e. The van der Waals surface area contributed by atoms with Crippen molar-refractivity contribution in [2.24, 2.45) is 5.73 Å². The number of primary amides is 1. The topological polar surface area (TPSA) is 94.3 Å². The van der Waals surface area contributed by atoms with Crippen LogP contribution >= 0.6 is 15.9 Å². The van der Waals surface area contributed by atoms with Gasteiger partial charge in [-0.3, -0.25) is 9.59 Å². The van der Waals surface area contributed by atoms with Crippen molar-refractivity contribution in [3.8, 4) is 5.88 Å². The zero-order chi connectivity index (χ0) is 18.5. The van der Waals surface area contributed by atoms with Crippen LogP contribution in [-0.4, -0.2) is 28.9 Å². The highest BCUT2D eigenvalue weighted by molar-refractivity contribution is 9.10. The van der Waals surface area contributed by atoms with Gasteiger partial charge in [0.2, 0.25) is 5.88 Å². The number of pyridine rings is 1. The molecule has 26 heavy (non-hydrogen) atoms. The van der Waals surface area contributed by atoms with Crippen molar-refractivity contribution in [3.05, 3.63) is 58.2 Å². The maximum atomic E-state index is 12.3. The average molecular weight is 418 g/mol. The quantitative estimate of drug-likeness (QED) is 0.781. The summed E-state index contributed by atoms with van der Waals surface area (Å²) >= 11 is 3.38. The Morgan fingerprint density at radius 2 is 1.92 bits per heavy atom. The van der Waals surface area contributed by atoms with Gasteiger partial charge in [-0.05, 0) is 56.0 Å². The Morgan fingerprint density at radius 1 is 1.15 bits per heavy atom. The zero-order valence-electron chi connectivity index (χ0n) is 14.2. The van der Waals surface area contributed by atoms with E-state index in [1.165, 1.54) is 0 Å². The van der Waals surface area contributed by atoms with E-state index in [-0.39, 0.29) is 29.5 Å². The normalized spacial score (nSPS) is 19.6. The Labute approximate surface area is 160 Å². The number of hydrogen-bond donors (Lipinski definition) is 2. The van der Waals surface area contributed by atoms with Gasteiger partial charge in [0, 0.05) is 22.3 Å². The largest absolute Gasteiger partial charge is 0.474 e. The van der Waals surface area contributed by atoms with Crippen molar-refractivity contribution < 1.29 is 14.3 Å². The molecule has 0 bridgehead atoms. The molecule has 3 rings (SSSR count). The molecule has 2 aromatic rings. The Morgan fingerprint density at radius 3 is 2.62 bits per heavy atom. The summed E-state index contributed by atoms with van der Waals surface area (Å²) in [4.78, 5) is 27.9. The van der Waals surface area contributed by atoms with E-state index < -0.39 is 5.91 Å². The lowest BCUT2D eigenvalue weighted by Crippen LogP contribution is -2.39. The molecule has 1 fully saturated rings. The predicted molar refractivity (Wildman–Crippen MR) is 101 cm³/mol. The van der Waals surface area contributed by atoms with E-state index >= 15 is 0 Å². The summed E-state index contributed by atoms with van der Waals surface area (Å²) in [5.41, 5.74) is 6.28. The van der Waals surface area contributed by atoms with Crippen molar-refractivity contribution in [3.63, 3.8) is 0 Å². The summed E-state index contributed by atoms with van der Waals surface area (Å²) in [7, 11) is 0. The van der Waals surface area contributed by atoms with Crippen molar-refractivity contribution in [2.45, 2.75) is 37.8 Å². The lowest BCUT2D eigenvalue weighted by Gasteiger charge is -2.29. The zero-order valence-corrected chi connectivity index (χ0v) is 15.7. The van der Waals surface area contributed by atoms with Gasteiger partial charge >= 0.3 is 0 Å². The lowest BCUT2D eigenvalue weighted by atomic mass is 9.92. The fourth-order valence-corrected chi connectivity index (χ4v) is 3.45. The van der Waals surface area contributed by atoms with E-state index in [2.05, 4.69) is 26.2 Å². The first-order valence-electron chi connectivity index (χ1n) is 8.51. The fraction of sp³-hybridized carbons (Fsp3) is 0.316. The van der Waals surface area contributed by atoms with Gasteiger partial charge in [-0.15, -0.1) is 0 Å². The van der Waals surface area contributed by atoms with Crippen molar-refractivity contribution in [2.75, 3.05) is 0 Å². The van der Waals surface area contributed by atoms with Crippen LogP contribution in [0.2, 0.25) is 0 Å². The Kier molecular flexibility index (Phi) is 5.88. The maximum absolute atomic E-state index is 12.3. The number of rotatable bonds is 5. The van der Waals surface area contributed by atoms with Gasteiger partial charge in [0.25, 0.3) is 11.8 Å². The second-order valence-corrected chi connectivity index (χ2v) is 7.21. The second-order valence-electron chi connectivity index (χ2n) is 6.30. The van der Waals surface area contributed by atoms with Crippen LogP contribution in [0.1, 0.15) is 46.4 Å². The van der Waals surface area contributed by atoms with Gasteiger partial charge in [0.05, 0.1) is 0 Å². The van der Waals surface area contributed by atoms with Gasteiger partial charge in [-0.2, -0.15) is 0 Å². The fourth-order valence-electron chi connectivity index (χ4n) is 3.05. The highest BCUT2D eigenvalue weighted by Gasteiger charge is 2.25. The summed E-state index contributed by atoms with van der Waals surface area (Å²) in [6, 6.07) is 10.7. The molecule has 1 saturated carbocycles. The second kappa shape index (κ2) is 8.31. The first-order valence-corrected chi connectivity index (χ1v) is 9.30. The highest BCUT2D eigenvalue weighted by Crippen LogP contribution is 2.25. The molecular weight excluding hydrogens is 398 g/mol. The summed E-state index contributed by atoms with van der Waals surface area (Å²) in [5, 5.41) is 3.07. The molecule has 3 N–H and O–H groups in total. The number of carbonyl (C=O) groups excluding carboxylic acids is 2. The number of carbonyl (C=O) groups is 2. The van der Waals surface area contributed by atoms with Crippen LogP contribution in [0.25, 0.3) is 0 Å². The third-order valence-electron chi connectivity index (χ3n) is 4.41. The summed E-state index contributed by atoms with van der Waals surface area (Å²) in [6.45, 7) is 0. The molecule has 1 aliphatic rings. The van der Waals surface area contributed by atoms with E-state index in [4.69, 9.17) is 10.5 Å². The third kappa shape index (κ3) is 4.60. The van der Waals surface area contributed by atoms with Crippen LogP contribution in [0.4, 0.5) is 0 Å². The minimum Gasteiger partial charge on any atom is -0.474 e. The van der Waals surface area contributed by atoms with Crippen molar-refractivity contribution >= 4 is 27.7 Å². The van der Waals surface area contributed by atoms with E-state index in [1.807, 2.05) is 12.1 Å². The average Bonchev–Trinajstić information content (AvgIpc) is 2.63. The van der Waals surface area contributed by atoms with E-state index in [0.717, 1.165) is 30.2 Å². The molecule has 6 nitrogen and oxygen atoms in total. The van der Waals surface area contributed by atoms with Gasteiger partial charge in [0.15, 0.2) is 0 Å². The monoisotopic (exact) mass is 417 g/mol. The smallest absolute Gasteiger partial charge is 0.254 e. The standard InChI is InChI=1S/C19H20BrN3O3/c20-13-4-1-3-12(11-13)18(25)23-14-6-8-15(9-7-14)26-19-16(17(21)24)5-2-10-22-19/h1-5,10-11,14-15H,6-9H2,(H2,21,24)(H,23,25)/t14-,15-.